The van der Waals surface area contributed by atoms with Gasteiger partial charge in [-0.3, -0.25) is 14.4 Å². The Morgan fingerprint density at radius 3 is 2.40 bits per heavy atom. The van der Waals surface area contributed by atoms with Gasteiger partial charge in [0.2, 0.25) is 5.91 Å². The van der Waals surface area contributed by atoms with E-state index in [1.165, 1.54) is 14.2 Å². The van der Waals surface area contributed by atoms with Crippen molar-refractivity contribution >= 4 is 34.9 Å². The lowest BCUT2D eigenvalue weighted by atomic mass is 9.64. The number of Topliss-reactive ketones (excluding diaryl/α,β-unsaturated/α-hetero) is 2. The summed E-state index contributed by atoms with van der Waals surface area (Å²) in [6.45, 7) is 1.99. The molecule has 0 radical (unpaired) electrons. The zero-order valence-electron chi connectivity index (χ0n) is 24.0. The summed E-state index contributed by atoms with van der Waals surface area (Å²) in [5, 5.41) is 3.07. The third kappa shape index (κ3) is 3.77. The predicted molar refractivity (Wildman–Crippen MR) is 165 cm³/mol. The summed E-state index contributed by atoms with van der Waals surface area (Å²) < 4.78 is 11.1. The number of hydrogen-bond acceptors (Lipinski definition) is 6. The van der Waals surface area contributed by atoms with Crippen LogP contribution in [0.2, 0.25) is 0 Å². The molecular weight excluding hydrogens is 540 g/mol. The van der Waals surface area contributed by atoms with Crippen LogP contribution in [-0.4, -0.2) is 43.8 Å². The summed E-state index contributed by atoms with van der Waals surface area (Å²) in [5.74, 6) is -1.21. The van der Waals surface area contributed by atoms with Crippen molar-refractivity contribution in [3.63, 3.8) is 0 Å². The molecule has 43 heavy (non-hydrogen) atoms. The van der Waals surface area contributed by atoms with E-state index in [4.69, 9.17) is 9.47 Å². The first-order valence-corrected chi connectivity index (χ1v) is 14.2. The maximum atomic E-state index is 15.2. The second-order valence-corrected chi connectivity index (χ2v) is 11.2. The number of carbonyl (C=O) groups is 3. The maximum Gasteiger partial charge on any atom is 0.238 e. The number of aryl methyl sites for hydroxylation is 1. The number of hydrogen-bond donors (Lipinski definition) is 1. The Kier molecular flexibility index (Phi) is 6.20. The lowest BCUT2D eigenvalue weighted by molar-refractivity contribution is -0.121. The number of rotatable bonds is 6. The number of ether oxygens (including phenoxy) is 2. The number of para-hydroxylation sites is 1. The number of methoxy groups -OCH3 is 2. The predicted octanol–water partition coefficient (Wildman–Crippen LogP) is 5.87. The van der Waals surface area contributed by atoms with E-state index in [1.54, 1.807) is 30.3 Å². The molecule has 3 heterocycles. The largest absolute Gasteiger partial charge is 0.497 e. The van der Waals surface area contributed by atoms with Crippen LogP contribution in [0.3, 0.4) is 0 Å². The molecule has 0 aromatic heterocycles. The minimum Gasteiger partial charge on any atom is -0.497 e. The lowest BCUT2D eigenvalue weighted by Crippen LogP contribution is -2.51. The van der Waals surface area contributed by atoms with E-state index in [0.717, 1.165) is 16.8 Å². The number of fused-ring (bicyclic) bond motifs is 6. The topological polar surface area (TPSA) is 84.9 Å². The van der Waals surface area contributed by atoms with Crippen LogP contribution in [0.15, 0.2) is 97.1 Å². The van der Waals surface area contributed by atoms with E-state index in [-0.39, 0.29) is 23.0 Å². The Morgan fingerprint density at radius 2 is 1.63 bits per heavy atom. The van der Waals surface area contributed by atoms with E-state index in [9.17, 15) is 9.59 Å². The van der Waals surface area contributed by atoms with Crippen molar-refractivity contribution in [1.82, 2.24) is 0 Å². The molecule has 1 fully saturated rings. The molecule has 3 aliphatic rings. The summed E-state index contributed by atoms with van der Waals surface area (Å²) >= 11 is 0. The van der Waals surface area contributed by atoms with Crippen LogP contribution in [0.5, 0.6) is 11.5 Å². The highest BCUT2D eigenvalue weighted by molar-refractivity contribution is 6.19. The Hall–Kier alpha value is -5.17. The van der Waals surface area contributed by atoms with Gasteiger partial charge in [-0.15, -0.1) is 0 Å². The molecule has 4 aromatic carbocycles. The van der Waals surface area contributed by atoms with E-state index < -0.39 is 23.4 Å². The molecule has 214 valence electrons. The van der Waals surface area contributed by atoms with Crippen LogP contribution in [0.1, 0.15) is 37.4 Å². The average Bonchev–Trinajstić information content (AvgIpc) is 3.52. The zero-order chi connectivity index (χ0) is 29.9. The van der Waals surface area contributed by atoms with Crippen molar-refractivity contribution in [2.45, 2.75) is 24.4 Å². The first kappa shape index (κ1) is 26.7. The first-order valence-electron chi connectivity index (χ1n) is 14.2. The van der Waals surface area contributed by atoms with E-state index in [2.05, 4.69) is 5.32 Å². The van der Waals surface area contributed by atoms with E-state index in [1.807, 2.05) is 84.6 Å². The van der Waals surface area contributed by atoms with Crippen LogP contribution in [0.4, 0.5) is 11.4 Å². The summed E-state index contributed by atoms with van der Waals surface area (Å²) in [7, 11) is 3.03. The molecule has 3 aliphatic heterocycles. The van der Waals surface area contributed by atoms with Crippen LogP contribution < -0.4 is 19.7 Å². The summed E-state index contributed by atoms with van der Waals surface area (Å²) in [6.07, 6.45) is 3.97. The van der Waals surface area contributed by atoms with Crippen LogP contribution in [0.25, 0.3) is 6.08 Å². The molecule has 7 heteroatoms. The number of ketones is 2. The number of nitrogens with zero attached hydrogens (tertiary/aromatic N) is 1. The number of anilines is 2. The second-order valence-electron chi connectivity index (χ2n) is 11.2. The fourth-order valence-electron chi connectivity index (χ4n) is 7.22. The maximum absolute atomic E-state index is 15.2. The van der Waals surface area contributed by atoms with Gasteiger partial charge in [0.1, 0.15) is 23.0 Å². The zero-order valence-corrected chi connectivity index (χ0v) is 24.0. The highest BCUT2D eigenvalue weighted by Crippen LogP contribution is 2.58. The van der Waals surface area contributed by atoms with Gasteiger partial charge >= 0.3 is 0 Å². The Bertz CT molecular complexity index is 1830. The van der Waals surface area contributed by atoms with Gasteiger partial charge in [0.15, 0.2) is 11.6 Å². The van der Waals surface area contributed by atoms with Crippen molar-refractivity contribution in [2.24, 2.45) is 5.92 Å². The average molecular weight is 571 g/mol. The van der Waals surface area contributed by atoms with Gasteiger partial charge in [-0.05, 0) is 53.9 Å². The van der Waals surface area contributed by atoms with Gasteiger partial charge in [-0.1, -0.05) is 72.8 Å². The summed E-state index contributed by atoms with van der Waals surface area (Å²) in [5.41, 5.74) is 3.38. The molecule has 4 atom stereocenters. The van der Waals surface area contributed by atoms with Crippen molar-refractivity contribution < 1.29 is 23.9 Å². The SMILES string of the molecule is COc1ccc(OC)c(C(=O)[C@@H]2[C@H](C(=O)c3ccccc3)N3c4cc(C)ccc4C=C[C@@H]3[C@@]23C(=O)Nc2ccccc23)c1. The van der Waals surface area contributed by atoms with E-state index in [0.29, 0.717) is 28.3 Å². The first-order chi connectivity index (χ1) is 20.9. The van der Waals surface area contributed by atoms with Crippen molar-refractivity contribution in [2.75, 3.05) is 24.4 Å². The molecular formula is C36H30N2O5. The molecule has 1 spiro atoms. The number of nitrogens with one attached hydrogen (secondary N) is 1. The number of amides is 1. The summed E-state index contributed by atoms with van der Waals surface area (Å²) in [6, 6.07) is 25.9. The molecule has 0 saturated carbocycles. The molecule has 1 saturated heterocycles. The van der Waals surface area contributed by atoms with Crippen molar-refractivity contribution in [3.8, 4) is 11.5 Å². The fourth-order valence-corrected chi connectivity index (χ4v) is 7.22. The number of benzene rings is 4. The highest BCUT2D eigenvalue weighted by Gasteiger charge is 2.70. The van der Waals surface area contributed by atoms with Gasteiger partial charge in [-0.2, -0.15) is 0 Å². The van der Waals surface area contributed by atoms with Gasteiger partial charge < -0.3 is 19.7 Å². The van der Waals surface area contributed by atoms with Crippen molar-refractivity contribution in [1.29, 1.82) is 0 Å². The molecule has 1 N–H and O–H groups in total. The molecule has 4 aromatic rings. The van der Waals surface area contributed by atoms with Gasteiger partial charge in [0.05, 0.1) is 31.7 Å². The quantitative estimate of drug-likeness (QED) is 0.292. The van der Waals surface area contributed by atoms with Crippen LogP contribution in [-0.2, 0) is 10.2 Å². The standard InChI is InChI=1S/C36H30N2O5/c1-21-13-14-22-15-18-30-36(26-11-7-8-12-27(26)37-35(36)41)31(34(40)25-20-24(42-2)16-17-29(25)43-3)32(38(30)28(22)19-21)33(39)23-9-5-4-6-10-23/h4-20,30-32H,1-3H3,(H,37,41)/t30-,31+,32-,36-/m1/s1. The second kappa shape index (κ2) is 9.98. The summed E-state index contributed by atoms with van der Waals surface area (Å²) in [4.78, 5) is 46.5. The normalized spacial score (nSPS) is 22.9. The molecule has 1 amide bonds. The fraction of sp³-hybridized carbons (Fsp3) is 0.194. The van der Waals surface area contributed by atoms with Crippen LogP contribution >= 0.6 is 0 Å². The van der Waals surface area contributed by atoms with Gasteiger partial charge in [0.25, 0.3) is 0 Å². The van der Waals surface area contributed by atoms with Crippen LogP contribution in [0, 0.1) is 12.8 Å². The molecule has 0 aliphatic carbocycles. The Labute approximate surface area is 249 Å². The van der Waals surface area contributed by atoms with E-state index >= 15 is 4.79 Å². The monoisotopic (exact) mass is 570 g/mol. The van der Waals surface area contributed by atoms with Crippen molar-refractivity contribution in [3.05, 3.63) is 125 Å². The van der Waals surface area contributed by atoms with Gasteiger partial charge in [-0.25, -0.2) is 0 Å². The minimum absolute atomic E-state index is 0.234. The minimum atomic E-state index is -1.41. The van der Waals surface area contributed by atoms with Gasteiger partial charge in [0, 0.05) is 16.9 Å². The smallest absolute Gasteiger partial charge is 0.238 e. The number of carbonyl (C=O) groups excluding carboxylic acids is 3. The Morgan fingerprint density at radius 1 is 0.860 bits per heavy atom. The third-order valence-corrected chi connectivity index (χ3v) is 9.07. The molecule has 7 rings (SSSR count). The highest BCUT2D eigenvalue weighted by atomic mass is 16.5. The molecule has 0 unspecified atom stereocenters. The molecule has 0 bridgehead atoms. The lowest BCUT2D eigenvalue weighted by Gasteiger charge is -2.37. The Balaban J connectivity index is 1.56. The molecule has 7 nitrogen and oxygen atoms in total. The third-order valence-electron chi connectivity index (χ3n) is 9.07.